The molecule has 0 spiro atoms. The third-order valence-electron chi connectivity index (χ3n) is 4.98. The summed E-state index contributed by atoms with van der Waals surface area (Å²) in [5.41, 5.74) is 5.74. The van der Waals surface area contributed by atoms with Gasteiger partial charge < -0.3 is 10.2 Å². The topological polar surface area (TPSA) is 47.6 Å². The van der Waals surface area contributed by atoms with Crippen molar-refractivity contribution in [3.05, 3.63) is 101 Å². The van der Waals surface area contributed by atoms with Crippen LogP contribution in [0.3, 0.4) is 0 Å². The first-order valence-corrected chi connectivity index (χ1v) is 11.1. The van der Waals surface area contributed by atoms with Gasteiger partial charge in [-0.2, -0.15) is 0 Å². The van der Waals surface area contributed by atoms with Gasteiger partial charge in [0.25, 0.3) is 5.91 Å². The first kappa shape index (κ1) is 20.3. The fraction of sp³-hybridized carbons (Fsp3) is 0.208. The Morgan fingerprint density at radius 2 is 1.80 bits per heavy atom. The first-order valence-electron chi connectivity index (χ1n) is 10.2. The average molecular weight is 419 g/mol. The van der Waals surface area contributed by atoms with Gasteiger partial charge in [-0.3, -0.25) is 9.80 Å². The molecule has 2 N–H and O–H groups in total. The highest BCUT2D eigenvalue weighted by Gasteiger charge is 2.27. The number of carbonyl (C=O) groups excluding carboxylic acids is 1. The maximum absolute atomic E-state index is 13.1. The van der Waals surface area contributed by atoms with Crippen molar-refractivity contribution in [1.82, 2.24) is 15.6 Å². The summed E-state index contributed by atoms with van der Waals surface area (Å²) < 4.78 is 0. The molecule has 2 aromatic carbocycles. The van der Waals surface area contributed by atoms with Gasteiger partial charge in [0.2, 0.25) is 0 Å². The van der Waals surface area contributed by atoms with Crippen LogP contribution >= 0.6 is 11.3 Å². The summed E-state index contributed by atoms with van der Waals surface area (Å²) in [7, 11) is 0. The second kappa shape index (κ2) is 10.2. The first-order chi connectivity index (χ1) is 14.8. The second-order valence-corrected chi connectivity index (χ2v) is 8.06. The lowest BCUT2D eigenvalue weighted by molar-refractivity contribution is 0.0696. The number of para-hydroxylation sites is 1. The summed E-state index contributed by atoms with van der Waals surface area (Å²) in [5.74, 6) is 0.0603. The SMILES string of the molecule is O=C(c1cccs1)N(CCCNCc1ccccc1)C1C=CN(c2ccccc2)N1. The highest BCUT2D eigenvalue weighted by molar-refractivity contribution is 7.12. The van der Waals surface area contributed by atoms with E-state index in [9.17, 15) is 4.79 Å². The predicted molar refractivity (Wildman–Crippen MR) is 123 cm³/mol. The molecule has 1 unspecified atom stereocenters. The van der Waals surface area contributed by atoms with Gasteiger partial charge in [0.15, 0.2) is 0 Å². The van der Waals surface area contributed by atoms with Gasteiger partial charge in [0, 0.05) is 19.3 Å². The highest BCUT2D eigenvalue weighted by Crippen LogP contribution is 2.20. The summed E-state index contributed by atoms with van der Waals surface area (Å²) in [6, 6.07) is 24.3. The molecule has 1 amide bonds. The van der Waals surface area contributed by atoms with Crippen LogP contribution in [-0.2, 0) is 6.54 Å². The Bertz CT molecular complexity index is 944. The second-order valence-electron chi connectivity index (χ2n) is 7.11. The van der Waals surface area contributed by atoms with Gasteiger partial charge in [0.1, 0.15) is 6.17 Å². The highest BCUT2D eigenvalue weighted by atomic mass is 32.1. The maximum atomic E-state index is 13.1. The Hall–Kier alpha value is -2.93. The number of nitrogens with zero attached hydrogens (tertiary/aromatic N) is 2. The average Bonchev–Trinajstić information content (AvgIpc) is 3.50. The minimum Gasteiger partial charge on any atom is -0.317 e. The van der Waals surface area contributed by atoms with E-state index in [2.05, 4.69) is 35.0 Å². The Labute approximate surface area is 181 Å². The van der Waals surface area contributed by atoms with E-state index in [0.717, 1.165) is 30.1 Å². The van der Waals surface area contributed by atoms with Gasteiger partial charge in [0.05, 0.1) is 10.6 Å². The number of anilines is 1. The molecule has 3 aromatic rings. The predicted octanol–water partition coefficient (Wildman–Crippen LogP) is 4.23. The van der Waals surface area contributed by atoms with Crippen LogP contribution in [0, 0.1) is 0 Å². The monoisotopic (exact) mass is 418 g/mol. The zero-order valence-electron chi connectivity index (χ0n) is 16.8. The molecule has 30 heavy (non-hydrogen) atoms. The van der Waals surface area contributed by atoms with Crippen LogP contribution in [0.25, 0.3) is 0 Å². The van der Waals surface area contributed by atoms with Gasteiger partial charge in [-0.25, -0.2) is 5.43 Å². The Morgan fingerprint density at radius 1 is 1.03 bits per heavy atom. The molecule has 1 aromatic heterocycles. The number of nitrogens with one attached hydrogen (secondary N) is 2. The molecule has 0 saturated carbocycles. The van der Waals surface area contributed by atoms with Crippen LogP contribution < -0.4 is 15.8 Å². The number of rotatable bonds is 9. The number of carbonyl (C=O) groups is 1. The van der Waals surface area contributed by atoms with Crippen molar-refractivity contribution in [2.24, 2.45) is 0 Å². The number of hydrazine groups is 1. The van der Waals surface area contributed by atoms with Crippen molar-refractivity contribution >= 4 is 22.9 Å². The number of thiophene rings is 1. The minimum absolute atomic E-state index is 0.0603. The van der Waals surface area contributed by atoms with E-state index in [1.165, 1.54) is 16.9 Å². The molecule has 1 atom stereocenters. The lowest BCUT2D eigenvalue weighted by Gasteiger charge is -2.30. The molecule has 1 aliphatic heterocycles. The van der Waals surface area contributed by atoms with Crippen LogP contribution in [-0.4, -0.2) is 30.1 Å². The van der Waals surface area contributed by atoms with E-state index in [1.807, 2.05) is 76.1 Å². The van der Waals surface area contributed by atoms with Crippen LogP contribution in [0.15, 0.2) is 90.5 Å². The molecule has 0 aliphatic carbocycles. The van der Waals surface area contributed by atoms with Gasteiger partial charge in [-0.15, -0.1) is 11.3 Å². The van der Waals surface area contributed by atoms with Crippen molar-refractivity contribution in [3.63, 3.8) is 0 Å². The zero-order valence-corrected chi connectivity index (χ0v) is 17.6. The summed E-state index contributed by atoms with van der Waals surface area (Å²) in [5, 5.41) is 7.38. The standard InChI is InChI=1S/C24H26N4OS/c29-24(22-13-7-18-30-22)27(16-8-15-25-19-20-9-3-1-4-10-20)23-14-17-28(26-23)21-11-5-2-6-12-21/h1-7,9-14,17-18,23,25-26H,8,15-16,19H2. The molecule has 0 radical (unpaired) electrons. The molecule has 0 fully saturated rings. The maximum Gasteiger partial charge on any atom is 0.265 e. The van der Waals surface area contributed by atoms with E-state index < -0.39 is 0 Å². The van der Waals surface area contributed by atoms with E-state index in [4.69, 9.17) is 0 Å². The van der Waals surface area contributed by atoms with Crippen molar-refractivity contribution in [1.29, 1.82) is 0 Å². The number of amides is 1. The van der Waals surface area contributed by atoms with Gasteiger partial charge in [-0.05, 0) is 48.2 Å². The normalized spacial score (nSPS) is 15.5. The Kier molecular flexibility index (Phi) is 6.92. The quantitative estimate of drug-likeness (QED) is 0.511. The lowest BCUT2D eigenvalue weighted by atomic mass is 10.2. The van der Waals surface area contributed by atoms with Crippen LogP contribution in [0.1, 0.15) is 21.7 Å². The van der Waals surface area contributed by atoms with E-state index in [1.54, 1.807) is 0 Å². The van der Waals surface area contributed by atoms with Crippen LogP contribution in [0.4, 0.5) is 5.69 Å². The Morgan fingerprint density at radius 3 is 2.53 bits per heavy atom. The number of benzene rings is 2. The van der Waals surface area contributed by atoms with E-state index in [-0.39, 0.29) is 12.1 Å². The van der Waals surface area contributed by atoms with Crippen molar-refractivity contribution in [3.8, 4) is 0 Å². The summed E-state index contributed by atoms with van der Waals surface area (Å²) in [6.07, 6.45) is 4.73. The smallest absolute Gasteiger partial charge is 0.265 e. The summed E-state index contributed by atoms with van der Waals surface area (Å²) in [6.45, 7) is 2.36. The summed E-state index contributed by atoms with van der Waals surface area (Å²) >= 11 is 1.48. The van der Waals surface area contributed by atoms with Gasteiger partial charge >= 0.3 is 0 Å². The molecule has 0 bridgehead atoms. The van der Waals surface area contributed by atoms with Crippen molar-refractivity contribution in [2.75, 3.05) is 18.1 Å². The molecule has 4 rings (SSSR count). The Balaban J connectivity index is 1.35. The molecular formula is C24H26N4OS. The number of hydrogen-bond donors (Lipinski definition) is 2. The van der Waals surface area contributed by atoms with Gasteiger partial charge in [-0.1, -0.05) is 54.6 Å². The molecular weight excluding hydrogens is 392 g/mol. The molecule has 1 aliphatic rings. The summed E-state index contributed by atoms with van der Waals surface area (Å²) in [4.78, 5) is 15.8. The molecule has 154 valence electrons. The molecule has 6 heteroatoms. The third kappa shape index (κ3) is 5.16. The van der Waals surface area contributed by atoms with E-state index in [0.29, 0.717) is 6.54 Å². The lowest BCUT2D eigenvalue weighted by Crippen LogP contribution is -2.50. The molecule has 2 heterocycles. The van der Waals surface area contributed by atoms with Crippen LogP contribution in [0.2, 0.25) is 0 Å². The van der Waals surface area contributed by atoms with Crippen molar-refractivity contribution in [2.45, 2.75) is 19.1 Å². The third-order valence-corrected chi connectivity index (χ3v) is 5.83. The van der Waals surface area contributed by atoms with Crippen molar-refractivity contribution < 1.29 is 4.79 Å². The minimum atomic E-state index is -0.172. The zero-order chi connectivity index (χ0) is 20.6. The van der Waals surface area contributed by atoms with Crippen LogP contribution in [0.5, 0.6) is 0 Å². The fourth-order valence-electron chi connectivity index (χ4n) is 3.43. The largest absolute Gasteiger partial charge is 0.317 e. The number of hydrogen-bond acceptors (Lipinski definition) is 5. The molecule has 5 nitrogen and oxygen atoms in total. The fourth-order valence-corrected chi connectivity index (χ4v) is 4.11. The van der Waals surface area contributed by atoms with E-state index >= 15 is 0 Å². The molecule has 0 saturated heterocycles.